The van der Waals surface area contributed by atoms with Crippen LogP contribution in [-0.4, -0.2) is 31.2 Å². The molecule has 1 atom stereocenters. The zero-order valence-electron chi connectivity index (χ0n) is 16.6. The molecule has 0 fully saturated rings. The molecule has 0 spiro atoms. The first-order valence-corrected chi connectivity index (χ1v) is 15.7. The minimum absolute atomic E-state index is 0.123. The molecular formula is C23H26AsNOS2. The van der Waals surface area contributed by atoms with Gasteiger partial charge in [-0.05, 0) is 0 Å². The van der Waals surface area contributed by atoms with Gasteiger partial charge in [0, 0.05) is 0 Å². The van der Waals surface area contributed by atoms with E-state index in [0.717, 1.165) is 15.1 Å². The Kier molecular flexibility index (Phi) is 8.08. The Balaban J connectivity index is 1.60. The molecule has 5 heteroatoms. The van der Waals surface area contributed by atoms with E-state index in [-0.39, 0.29) is 5.91 Å². The van der Waals surface area contributed by atoms with Crippen molar-refractivity contribution in [2.45, 2.75) is 37.1 Å². The fourth-order valence-corrected chi connectivity index (χ4v) is 7.79. The molecule has 1 aliphatic heterocycles. The van der Waals surface area contributed by atoms with Crippen LogP contribution in [0, 0.1) is 0 Å². The van der Waals surface area contributed by atoms with Crippen LogP contribution in [0.2, 0.25) is 5.71 Å². The van der Waals surface area contributed by atoms with E-state index < -0.39 is 14.7 Å². The summed E-state index contributed by atoms with van der Waals surface area (Å²) in [6.07, 6.45) is 7.60. The van der Waals surface area contributed by atoms with E-state index in [9.17, 15) is 4.79 Å². The molecule has 0 aliphatic carbocycles. The SMILES string of the molecule is CCCCc1ccc([As](C)Cc2ccc(C=C3SC(SC)=NC3=O)cc2)cc1. The van der Waals surface area contributed by atoms with Gasteiger partial charge >= 0.3 is 182 Å². The van der Waals surface area contributed by atoms with Crippen molar-refractivity contribution in [3.8, 4) is 0 Å². The average Bonchev–Trinajstić information content (AvgIpc) is 3.07. The van der Waals surface area contributed by atoms with Gasteiger partial charge in [-0.1, -0.05) is 0 Å². The van der Waals surface area contributed by atoms with Gasteiger partial charge in [-0.25, -0.2) is 0 Å². The predicted octanol–water partition coefficient (Wildman–Crippen LogP) is 5.48. The third-order valence-corrected chi connectivity index (χ3v) is 10.9. The summed E-state index contributed by atoms with van der Waals surface area (Å²) in [6, 6.07) is 17.9. The number of thioether (sulfide) groups is 2. The van der Waals surface area contributed by atoms with Gasteiger partial charge in [0.15, 0.2) is 0 Å². The van der Waals surface area contributed by atoms with Crippen LogP contribution >= 0.6 is 23.5 Å². The fraction of sp³-hybridized carbons (Fsp3) is 0.304. The van der Waals surface area contributed by atoms with Gasteiger partial charge in [-0.3, -0.25) is 0 Å². The number of amides is 1. The van der Waals surface area contributed by atoms with Crippen molar-refractivity contribution in [3.63, 3.8) is 0 Å². The summed E-state index contributed by atoms with van der Waals surface area (Å²) in [6.45, 7) is 2.24. The van der Waals surface area contributed by atoms with Crippen molar-refractivity contribution in [1.29, 1.82) is 0 Å². The zero-order chi connectivity index (χ0) is 19.9. The Morgan fingerprint density at radius 3 is 2.36 bits per heavy atom. The Labute approximate surface area is 181 Å². The molecule has 0 saturated carbocycles. The van der Waals surface area contributed by atoms with E-state index in [2.05, 4.69) is 66.2 Å². The normalized spacial score (nSPS) is 16.5. The van der Waals surface area contributed by atoms with Crippen molar-refractivity contribution >= 4 is 58.9 Å². The van der Waals surface area contributed by atoms with Gasteiger partial charge < -0.3 is 0 Å². The number of rotatable bonds is 7. The number of hydrogen-bond acceptors (Lipinski definition) is 3. The second-order valence-electron chi connectivity index (χ2n) is 6.87. The summed E-state index contributed by atoms with van der Waals surface area (Å²) in [7, 11) is 0. The summed E-state index contributed by atoms with van der Waals surface area (Å²) >= 11 is 1.91. The van der Waals surface area contributed by atoms with Crippen molar-refractivity contribution in [2.24, 2.45) is 4.99 Å². The summed E-state index contributed by atoms with van der Waals surface area (Å²) in [5.74, 6) is -0.123. The second-order valence-corrected chi connectivity index (χ2v) is 13.6. The standard InChI is InChI=1S/C23H26AsNOS2/c1-4-5-6-17-11-13-20(14-12-17)24(2)16-19-9-7-18(8-10-19)15-21-22(26)25-23(27-3)28-21/h7-15H,4-6,16H2,1-3H3. The Bertz CT molecular complexity index is 872. The number of aliphatic imine (C=N–C) groups is 1. The molecule has 28 heavy (non-hydrogen) atoms. The van der Waals surface area contributed by atoms with Gasteiger partial charge in [-0.15, -0.1) is 0 Å². The monoisotopic (exact) mass is 471 g/mol. The van der Waals surface area contributed by atoms with Gasteiger partial charge in [-0.2, -0.15) is 0 Å². The summed E-state index contributed by atoms with van der Waals surface area (Å²) < 4.78 is 2.36. The van der Waals surface area contributed by atoms with Crippen molar-refractivity contribution < 1.29 is 4.79 Å². The molecule has 2 aromatic rings. The maximum absolute atomic E-state index is 11.9. The predicted molar refractivity (Wildman–Crippen MR) is 128 cm³/mol. The molecule has 1 heterocycles. The molecule has 3 rings (SSSR count). The molecular weight excluding hydrogens is 445 g/mol. The zero-order valence-corrected chi connectivity index (χ0v) is 20.2. The van der Waals surface area contributed by atoms with E-state index >= 15 is 0 Å². The van der Waals surface area contributed by atoms with Crippen LogP contribution in [0.3, 0.4) is 0 Å². The van der Waals surface area contributed by atoms with Crippen LogP contribution in [0.5, 0.6) is 0 Å². The first-order chi connectivity index (χ1) is 13.6. The van der Waals surface area contributed by atoms with Gasteiger partial charge in [0.05, 0.1) is 0 Å². The molecule has 2 nitrogen and oxygen atoms in total. The fourth-order valence-electron chi connectivity index (χ4n) is 3.01. The summed E-state index contributed by atoms with van der Waals surface area (Å²) in [5.41, 5.74) is 6.33. The average molecular weight is 472 g/mol. The van der Waals surface area contributed by atoms with Gasteiger partial charge in [0.1, 0.15) is 0 Å². The molecule has 0 aromatic heterocycles. The van der Waals surface area contributed by atoms with Crippen molar-refractivity contribution in [2.75, 3.05) is 6.26 Å². The minimum atomic E-state index is -1.07. The molecule has 1 unspecified atom stereocenters. The number of aryl methyl sites for hydroxylation is 1. The van der Waals surface area contributed by atoms with Crippen LogP contribution in [0.4, 0.5) is 0 Å². The van der Waals surface area contributed by atoms with E-state index in [1.807, 2.05) is 12.3 Å². The van der Waals surface area contributed by atoms with Crippen molar-refractivity contribution in [1.82, 2.24) is 0 Å². The molecule has 1 aliphatic rings. The number of unbranched alkanes of at least 4 members (excludes halogenated alkanes) is 1. The topological polar surface area (TPSA) is 29.4 Å². The molecule has 1 amide bonds. The van der Waals surface area contributed by atoms with Crippen LogP contribution in [0.15, 0.2) is 58.4 Å². The molecule has 0 bridgehead atoms. The second kappa shape index (κ2) is 10.5. The number of hydrogen-bond donors (Lipinski definition) is 0. The van der Waals surface area contributed by atoms with Gasteiger partial charge in [0.25, 0.3) is 0 Å². The van der Waals surface area contributed by atoms with E-state index in [1.54, 1.807) is 0 Å². The number of carbonyl (C=O) groups excluding carboxylic acids is 1. The maximum atomic E-state index is 11.9. The number of nitrogens with zero attached hydrogens (tertiary/aromatic N) is 1. The first-order valence-electron chi connectivity index (χ1n) is 9.54. The number of benzene rings is 2. The van der Waals surface area contributed by atoms with E-state index in [4.69, 9.17) is 0 Å². The third kappa shape index (κ3) is 5.89. The van der Waals surface area contributed by atoms with Crippen LogP contribution in [0.25, 0.3) is 6.08 Å². The van der Waals surface area contributed by atoms with Gasteiger partial charge in [0.2, 0.25) is 0 Å². The summed E-state index contributed by atoms with van der Waals surface area (Å²) in [4.78, 5) is 16.7. The Hall–Kier alpha value is -1.22. The Morgan fingerprint density at radius 1 is 1.07 bits per heavy atom. The van der Waals surface area contributed by atoms with E-state index in [1.165, 1.54) is 58.3 Å². The van der Waals surface area contributed by atoms with Crippen LogP contribution in [0.1, 0.15) is 36.5 Å². The Morgan fingerprint density at radius 2 is 1.75 bits per heavy atom. The van der Waals surface area contributed by atoms with E-state index in [0.29, 0.717) is 4.91 Å². The van der Waals surface area contributed by atoms with Crippen molar-refractivity contribution in [3.05, 3.63) is 70.1 Å². The summed E-state index contributed by atoms with van der Waals surface area (Å²) in [5, 5.41) is 1.16. The quantitative estimate of drug-likeness (QED) is 0.396. The molecule has 0 N–H and O–H groups in total. The molecule has 0 radical (unpaired) electrons. The molecule has 0 saturated heterocycles. The first kappa shape index (κ1) is 21.5. The third-order valence-electron chi connectivity index (χ3n) is 4.67. The van der Waals surface area contributed by atoms with Crippen LogP contribution < -0.4 is 4.35 Å². The molecule has 2 aromatic carbocycles. The molecule has 146 valence electrons. The van der Waals surface area contributed by atoms with Crippen LogP contribution in [-0.2, 0) is 16.4 Å². The number of carbonyl (C=O) groups is 1.